The smallest absolute Gasteiger partial charge is 0.173 e. The van der Waals surface area contributed by atoms with Crippen molar-refractivity contribution in [2.24, 2.45) is 0 Å². The maximum atomic E-state index is 12.1. The fourth-order valence-corrected chi connectivity index (χ4v) is 4.42. The van der Waals surface area contributed by atoms with Crippen LogP contribution in [-0.2, 0) is 19.4 Å². The Labute approximate surface area is 163 Å². The van der Waals surface area contributed by atoms with E-state index in [1.807, 2.05) is 24.3 Å². The molecular weight excluding hydrogens is 448 g/mol. The van der Waals surface area contributed by atoms with E-state index < -0.39 is 0 Å². The van der Waals surface area contributed by atoms with E-state index in [0.717, 1.165) is 41.7 Å². The van der Waals surface area contributed by atoms with Crippen molar-refractivity contribution in [3.8, 4) is 16.9 Å². The summed E-state index contributed by atoms with van der Waals surface area (Å²) in [6, 6.07) is 7.85. The Morgan fingerprint density at radius 2 is 1.40 bits per heavy atom. The van der Waals surface area contributed by atoms with Crippen LogP contribution in [0.1, 0.15) is 43.8 Å². The third kappa shape index (κ3) is 2.87. The second-order valence-corrected chi connectivity index (χ2v) is 7.56. The van der Waals surface area contributed by atoms with E-state index in [1.54, 1.807) is 0 Å². The van der Waals surface area contributed by atoms with E-state index in [2.05, 4.69) is 31.9 Å². The molecule has 1 aliphatic heterocycles. The van der Waals surface area contributed by atoms with E-state index in [-0.39, 0.29) is 11.6 Å². The minimum absolute atomic E-state index is 0.0659. The molecule has 0 bridgehead atoms. The number of halogens is 2. The van der Waals surface area contributed by atoms with E-state index in [9.17, 15) is 9.59 Å². The fourth-order valence-electron chi connectivity index (χ4n) is 3.77. The van der Waals surface area contributed by atoms with Crippen molar-refractivity contribution in [2.75, 3.05) is 10.7 Å². The van der Waals surface area contributed by atoms with E-state index >= 15 is 0 Å². The zero-order chi connectivity index (χ0) is 17.6. The van der Waals surface area contributed by atoms with Crippen molar-refractivity contribution in [3.05, 3.63) is 52.1 Å². The molecule has 2 aromatic rings. The molecule has 0 spiro atoms. The zero-order valence-corrected chi connectivity index (χ0v) is 16.7. The molecule has 25 heavy (non-hydrogen) atoms. The molecule has 0 aromatic heterocycles. The van der Waals surface area contributed by atoms with Crippen LogP contribution in [0.4, 0.5) is 0 Å². The highest BCUT2D eigenvalue weighted by Crippen LogP contribution is 2.45. The normalized spacial score (nSPS) is 14.3. The second-order valence-electron chi connectivity index (χ2n) is 6.43. The van der Waals surface area contributed by atoms with Crippen LogP contribution in [0.5, 0.6) is 5.75 Å². The summed E-state index contributed by atoms with van der Waals surface area (Å²) in [4.78, 5) is 24.3. The molecule has 0 unspecified atom stereocenters. The Morgan fingerprint density at radius 1 is 0.840 bits per heavy atom. The molecule has 0 atom stereocenters. The van der Waals surface area contributed by atoms with Gasteiger partial charge in [-0.1, -0.05) is 31.9 Å². The van der Waals surface area contributed by atoms with Gasteiger partial charge in [-0.15, -0.1) is 0 Å². The van der Waals surface area contributed by atoms with Gasteiger partial charge < -0.3 is 4.74 Å². The summed E-state index contributed by atoms with van der Waals surface area (Å²) in [7, 11) is 0. The molecule has 2 aromatic carbocycles. The number of hydrogen-bond donors (Lipinski definition) is 0. The highest BCUT2D eigenvalue weighted by molar-refractivity contribution is 9.09. The lowest BCUT2D eigenvalue weighted by Crippen LogP contribution is -2.12. The number of ether oxygens (including phenoxy) is 1. The van der Waals surface area contributed by atoms with Gasteiger partial charge in [0.25, 0.3) is 0 Å². The minimum atomic E-state index is 0.0659. The van der Waals surface area contributed by atoms with Gasteiger partial charge in [0.15, 0.2) is 11.6 Å². The van der Waals surface area contributed by atoms with Crippen molar-refractivity contribution < 1.29 is 14.3 Å². The molecule has 0 saturated heterocycles. The van der Waals surface area contributed by atoms with Gasteiger partial charge in [0.2, 0.25) is 0 Å². The zero-order valence-electron chi connectivity index (χ0n) is 13.5. The fraction of sp³-hybridized carbons (Fsp3) is 0.300. The Morgan fingerprint density at radius 3 is 2.04 bits per heavy atom. The number of carbonyl (C=O) groups is 2. The number of alkyl halides is 2. The molecule has 0 amide bonds. The van der Waals surface area contributed by atoms with Crippen molar-refractivity contribution in [2.45, 2.75) is 25.9 Å². The number of ketones is 2. The lowest BCUT2D eigenvalue weighted by molar-refractivity contribution is 0.101. The summed E-state index contributed by atoms with van der Waals surface area (Å²) in [5, 5.41) is 0.636. The number of rotatable bonds is 4. The summed E-state index contributed by atoms with van der Waals surface area (Å²) in [6.45, 7) is 0.435. The van der Waals surface area contributed by atoms with Crippen molar-refractivity contribution >= 4 is 43.4 Å². The van der Waals surface area contributed by atoms with Crippen LogP contribution >= 0.6 is 31.9 Å². The molecule has 1 aliphatic carbocycles. The number of hydrogen-bond acceptors (Lipinski definition) is 3. The van der Waals surface area contributed by atoms with Gasteiger partial charge >= 0.3 is 0 Å². The topological polar surface area (TPSA) is 43.4 Å². The first kappa shape index (κ1) is 17.0. The highest BCUT2D eigenvalue weighted by Gasteiger charge is 2.28. The number of aryl methyl sites for hydroxylation is 2. The van der Waals surface area contributed by atoms with Gasteiger partial charge in [-0.05, 0) is 65.8 Å². The highest BCUT2D eigenvalue weighted by atomic mass is 79.9. The molecule has 4 rings (SSSR count). The third-order valence-corrected chi connectivity index (χ3v) is 5.92. The van der Waals surface area contributed by atoms with Gasteiger partial charge in [0.1, 0.15) is 12.4 Å². The SMILES string of the molecule is O=C(CBr)c1cc2c3c(c1)COc1cc(C(=O)CBr)cc(c1-3)CCC2. The Hall–Kier alpha value is -1.46. The Balaban J connectivity index is 1.94. The number of carbonyl (C=O) groups excluding carboxylic acids is 2. The molecule has 128 valence electrons. The van der Waals surface area contributed by atoms with E-state index in [1.165, 1.54) is 16.7 Å². The standard InChI is InChI=1S/C20H16Br2O3/c21-8-16(23)13-4-11-2-1-3-12-5-14(17(24)9-22)7-18-20(12)19(11)15(6-13)10-25-18/h4-7H,1-3,8-10H2. The van der Waals surface area contributed by atoms with Crippen LogP contribution in [0, 0.1) is 0 Å². The van der Waals surface area contributed by atoms with Crippen LogP contribution in [0.25, 0.3) is 11.1 Å². The van der Waals surface area contributed by atoms with E-state index in [0.29, 0.717) is 22.8 Å². The van der Waals surface area contributed by atoms with Crippen molar-refractivity contribution in [3.63, 3.8) is 0 Å². The second kappa shape index (κ2) is 6.69. The largest absolute Gasteiger partial charge is 0.488 e. The lowest BCUT2D eigenvalue weighted by Gasteiger charge is -2.25. The summed E-state index contributed by atoms with van der Waals surface area (Å²) < 4.78 is 5.99. The molecule has 1 heterocycles. The van der Waals surface area contributed by atoms with E-state index in [4.69, 9.17) is 4.74 Å². The molecule has 5 heteroatoms. The monoisotopic (exact) mass is 462 g/mol. The first-order valence-electron chi connectivity index (χ1n) is 8.26. The van der Waals surface area contributed by atoms with Crippen molar-refractivity contribution in [1.29, 1.82) is 0 Å². The Kier molecular flexibility index (Phi) is 4.54. The molecule has 0 fully saturated rings. The summed E-state index contributed by atoms with van der Waals surface area (Å²) >= 11 is 6.51. The molecule has 0 saturated carbocycles. The quantitative estimate of drug-likeness (QED) is 0.478. The van der Waals surface area contributed by atoms with Crippen LogP contribution in [0.2, 0.25) is 0 Å². The van der Waals surface area contributed by atoms with Crippen LogP contribution in [0.15, 0.2) is 24.3 Å². The lowest BCUT2D eigenvalue weighted by atomic mass is 9.87. The number of benzene rings is 2. The summed E-state index contributed by atoms with van der Waals surface area (Å²) in [5.74, 6) is 0.945. The van der Waals surface area contributed by atoms with Gasteiger partial charge in [-0.3, -0.25) is 9.59 Å². The number of Topliss-reactive ketones (excluding diaryl/α,β-unsaturated/α-hetero) is 2. The maximum absolute atomic E-state index is 12.1. The van der Waals surface area contributed by atoms with Gasteiger partial charge in [-0.25, -0.2) is 0 Å². The average Bonchev–Trinajstić information content (AvgIpc) is 2.84. The minimum Gasteiger partial charge on any atom is -0.488 e. The molecule has 0 radical (unpaired) electrons. The Bertz CT molecular complexity index is 829. The molecular formula is C20H16Br2O3. The first-order chi connectivity index (χ1) is 12.1. The van der Waals surface area contributed by atoms with Crippen LogP contribution in [-0.4, -0.2) is 22.2 Å². The molecule has 2 aliphatic rings. The maximum Gasteiger partial charge on any atom is 0.173 e. The predicted molar refractivity (Wildman–Crippen MR) is 104 cm³/mol. The predicted octanol–water partition coefficient (Wildman–Crippen LogP) is 4.89. The summed E-state index contributed by atoms with van der Waals surface area (Å²) in [6.07, 6.45) is 2.84. The first-order valence-corrected chi connectivity index (χ1v) is 10.5. The third-order valence-electron chi connectivity index (χ3n) is 4.90. The van der Waals surface area contributed by atoms with Gasteiger partial charge in [0.05, 0.1) is 10.7 Å². The van der Waals surface area contributed by atoms with Gasteiger partial charge in [0, 0.05) is 16.7 Å². The molecule has 0 N–H and O–H groups in total. The average molecular weight is 464 g/mol. The van der Waals surface area contributed by atoms with Crippen LogP contribution < -0.4 is 4.74 Å². The van der Waals surface area contributed by atoms with Crippen LogP contribution in [0.3, 0.4) is 0 Å². The summed E-state index contributed by atoms with van der Waals surface area (Å²) in [5.41, 5.74) is 7.20. The van der Waals surface area contributed by atoms with Gasteiger partial charge in [-0.2, -0.15) is 0 Å². The van der Waals surface area contributed by atoms with Crippen molar-refractivity contribution in [1.82, 2.24) is 0 Å². The molecule has 3 nitrogen and oxygen atoms in total.